The van der Waals surface area contributed by atoms with Crippen LogP contribution >= 0.6 is 0 Å². The third kappa shape index (κ3) is 6.30. The average Bonchev–Trinajstić information content (AvgIpc) is 2.74. The van der Waals surface area contributed by atoms with Gasteiger partial charge in [0.25, 0.3) is 0 Å². The summed E-state index contributed by atoms with van der Waals surface area (Å²) >= 11 is 0. The van der Waals surface area contributed by atoms with Crippen LogP contribution in [0.4, 0.5) is 0 Å². The van der Waals surface area contributed by atoms with Crippen molar-refractivity contribution in [2.75, 3.05) is 0 Å². The number of hydrogen-bond donors (Lipinski definition) is 1. The minimum atomic E-state index is 0.0490. The lowest BCUT2D eigenvalue weighted by Crippen LogP contribution is -2.12. The van der Waals surface area contributed by atoms with Crippen LogP contribution in [0.5, 0.6) is 5.75 Å². The Kier molecular flexibility index (Phi) is 7.29. The van der Waals surface area contributed by atoms with E-state index in [1.54, 1.807) is 12.1 Å². The zero-order valence-electron chi connectivity index (χ0n) is 16.4. The predicted molar refractivity (Wildman–Crippen MR) is 115 cm³/mol. The maximum absolute atomic E-state index is 11.1. The van der Waals surface area contributed by atoms with Gasteiger partial charge < -0.3 is 5.32 Å². The van der Waals surface area contributed by atoms with Gasteiger partial charge in [0.2, 0.25) is 0 Å². The lowest BCUT2D eigenvalue weighted by molar-refractivity contribution is 0.354. The molecule has 0 saturated heterocycles. The number of aryl methyl sites for hydroxylation is 1. The summed E-state index contributed by atoms with van der Waals surface area (Å²) in [7, 11) is 0. The van der Waals surface area contributed by atoms with Crippen LogP contribution in [-0.4, -0.2) is 0 Å². The highest BCUT2D eigenvalue weighted by atomic mass is 16.3. The number of hydrogen-bond acceptors (Lipinski definition) is 1. The van der Waals surface area contributed by atoms with E-state index in [9.17, 15) is 5.11 Å². The monoisotopic (exact) mass is 368 g/mol. The normalized spacial score (nSPS) is 10.3. The molecule has 0 amide bonds. The quantitative estimate of drug-likeness (QED) is 0.520. The molecule has 0 aliphatic heterocycles. The molecule has 2 heteroatoms. The molecule has 28 heavy (non-hydrogen) atoms. The Labute approximate surface area is 168 Å². The highest BCUT2D eigenvalue weighted by Crippen LogP contribution is 2.11. The maximum atomic E-state index is 11.1. The van der Waals surface area contributed by atoms with Crippen molar-refractivity contribution in [3.63, 3.8) is 0 Å². The van der Waals surface area contributed by atoms with E-state index < -0.39 is 0 Å². The Bertz CT molecular complexity index is 913. The van der Waals surface area contributed by atoms with E-state index in [0.29, 0.717) is 0 Å². The van der Waals surface area contributed by atoms with Crippen molar-refractivity contribution in [2.24, 2.45) is 0 Å². The van der Waals surface area contributed by atoms with Gasteiger partial charge in [0.05, 0.1) is 0 Å². The zero-order valence-corrected chi connectivity index (χ0v) is 16.4. The van der Waals surface area contributed by atoms with Crippen LogP contribution in [-0.2, 0) is 24.6 Å². The van der Waals surface area contributed by atoms with Crippen molar-refractivity contribution in [1.82, 2.24) is 5.32 Å². The van der Waals surface area contributed by atoms with E-state index in [4.69, 9.17) is 0 Å². The van der Waals surface area contributed by atoms with E-state index in [2.05, 4.69) is 72.6 Å². The van der Waals surface area contributed by atoms with Gasteiger partial charge in [0.1, 0.15) is 0 Å². The number of unbranched alkanes of at least 4 members (excludes halogenated alkanes) is 1. The second-order valence-corrected chi connectivity index (χ2v) is 6.99. The molecule has 3 rings (SSSR count). The van der Waals surface area contributed by atoms with Gasteiger partial charge in [-0.05, 0) is 65.9 Å². The first kappa shape index (κ1) is 19.7. The fourth-order valence-corrected chi connectivity index (χ4v) is 2.94. The van der Waals surface area contributed by atoms with Crippen molar-refractivity contribution in [2.45, 2.75) is 39.3 Å². The first-order chi connectivity index (χ1) is 13.7. The Morgan fingerprint density at radius 3 is 1.64 bits per heavy atom. The van der Waals surface area contributed by atoms with Gasteiger partial charge >= 0.3 is 0 Å². The molecule has 0 bridgehead atoms. The van der Waals surface area contributed by atoms with Crippen LogP contribution in [0.3, 0.4) is 0 Å². The van der Waals surface area contributed by atoms with Gasteiger partial charge in [-0.2, -0.15) is 0 Å². The molecule has 2 nitrogen and oxygen atoms in total. The van der Waals surface area contributed by atoms with E-state index >= 15 is 0 Å². The molecule has 141 valence electrons. The largest absolute Gasteiger partial charge is 0.309 e. The Hall–Kier alpha value is -3.02. The van der Waals surface area contributed by atoms with Crippen molar-refractivity contribution < 1.29 is 5.11 Å². The molecule has 0 spiro atoms. The third-order valence-electron chi connectivity index (χ3n) is 4.66. The molecular weight excluding hydrogens is 342 g/mol. The summed E-state index contributed by atoms with van der Waals surface area (Å²) in [5.74, 6) is 6.53. The van der Waals surface area contributed by atoms with Gasteiger partial charge in [-0.1, -0.05) is 61.6 Å². The summed E-state index contributed by atoms with van der Waals surface area (Å²) in [4.78, 5) is 0. The Balaban J connectivity index is 1.50. The van der Waals surface area contributed by atoms with E-state index in [0.717, 1.165) is 36.2 Å². The standard InChI is InChI=1S/C26H26NO/c1-2-3-4-21-5-7-22(8-6-21)9-10-23-11-13-24(14-12-23)19-27-20-25-15-17-26(28)18-16-25/h5-8,11-18,27H,2-4,19-20H2,1H3. The molecule has 0 saturated carbocycles. The van der Waals surface area contributed by atoms with E-state index in [1.165, 1.54) is 24.0 Å². The van der Waals surface area contributed by atoms with Crippen LogP contribution in [0.2, 0.25) is 0 Å². The van der Waals surface area contributed by atoms with Crippen molar-refractivity contribution in [3.05, 3.63) is 101 Å². The van der Waals surface area contributed by atoms with Crippen LogP contribution in [0.15, 0.2) is 72.8 Å². The topological polar surface area (TPSA) is 31.9 Å². The second-order valence-electron chi connectivity index (χ2n) is 6.99. The molecule has 0 atom stereocenters. The molecular formula is C26H26NO. The molecule has 0 aromatic heterocycles. The summed E-state index contributed by atoms with van der Waals surface area (Å²) in [6.07, 6.45) is 3.60. The third-order valence-corrected chi connectivity index (χ3v) is 4.66. The molecule has 3 aromatic rings. The lowest BCUT2D eigenvalue weighted by atomic mass is 10.1. The average molecular weight is 369 g/mol. The summed E-state index contributed by atoms with van der Waals surface area (Å²) < 4.78 is 0. The van der Waals surface area contributed by atoms with Crippen molar-refractivity contribution in [3.8, 4) is 17.6 Å². The van der Waals surface area contributed by atoms with E-state index in [1.807, 2.05) is 12.1 Å². The first-order valence-corrected chi connectivity index (χ1v) is 9.89. The number of benzene rings is 3. The summed E-state index contributed by atoms with van der Waals surface area (Å²) in [5.41, 5.74) is 5.78. The molecule has 0 unspecified atom stereocenters. The smallest absolute Gasteiger partial charge is 0.178 e. The molecule has 0 aliphatic rings. The number of nitrogens with one attached hydrogen (secondary N) is 1. The maximum Gasteiger partial charge on any atom is 0.178 e. The van der Waals surface area contributed by atoms with Gasteiger partial charge in [-0.25, -0.2) is 0 Å². The summed E-state index contributed by atoms with van der Waals surface area (Å²) in [6, 6.07) is 23.8. The fraction of sp³-hybridized carbons (Fsp3) is 0.231. The molecule has 0 heterocycles. The van der Waals surface area contributed by atoms with Crippen molar-refractivity contribution in [1.29, 1.82) is 0 Å². The number of rotatable bonds is 7. The first-order valence-electron chi connectivity index (χ1n) is 9.89. The molecule has 1 N–H and O–H groups in total. The molecule has 3 aromatic carbocycles. The van der Waals surface area contributed by atoms with Crippen LogP contribution < -0.4 is 5.32 Å². The highest BCUT2D eigenvalue weighted by molar-refractivity contribution is 5.44. The van der Waals surface area contributed by atoms with E-state index in [-0.39, 0.29) is 5.75 Å². The molecule has 1 radical (unpaired) electrons. The molecule has 0 aliphatic carbocycles. The van der Waals surface area contributed by atoms with Crippen LogP contribution in [0.1, 0.15) is 47.6 Å². The SMILES string of the molecule is CCCCc1ccc(C#Cc2ccc(CNCc3ccc([O])cc3)cc2)cc1. The van der Waals surface area contributed by atoms with Crippen molar-refractivity contribution >= 4 is 0 Å². The summed E-state index contributed by atoms with van der Waals surface area (Å²) in [6.45, 7) is 3.75. The van der Waals surface area contributed by atoms with Crippen LogP contribution in [0.25, 0.3) is 0 Å². The predicted octanol–water partition coefficient (Wildman–Crippen LogP) is 5.86. The van der Waals surface area contributed by atoms with Gasteiger partial charge in [0, 0.05) is 24.2 Å². The minimum Gasteiger partial charge on any atom is -0.309 e. The molecule has 0 fully saturated rings. The fourth-order valence-electron chi connectivity index (χ4n) is 2.94. The lowest BCUT2D eigenvalue weighted by Gasteiger charge is -2.05. The second kappa shape index (κ2) is 10.3. The summed E-state index contributed by atoms with van der Waals surface area (Å²) in [5, 5.41) is 14.5. The zero-order chi connectivity index (χ0) is 19.6. The minimum absolute atomic E-state index is 0.0490. The highest BCUT2D eigenvalue weighted by Gasteiger charge is 1.97. The van der Waals surface area contributed by atoms with Gasteiger partial charge in [-0.3, -0.25) is 5.11 Å². The van der Waals surface area contributed by atoms with Gasteiger partial charge in [0.15, 0.2) is 5.75 Å². The Morgan fingerprint density at radius 2 is 1.14 bits per heavy atom. The van der Waals surface area contributed by atoms with Gasteiger partial charge in [-0.15, -0.1) is 0 Å². The Morgan fingerprint density at radius 1 is 0.679 bits per heavy atom. The van der Waals surface area contributed by atoms with Crippen LogP contribution in [0, 0.1) is 11.8 Å².